The third-order valence-corrected chi connectivity index (χ3v) is 10.0. The molecule has 3 aliphatic rings. The first-order valence-electron chi connectivity index (χ1n) is 15.7. The zero-order valence-electron chi connectivity index (χ0n) is 25.2. The van der Waals surface area contributed by atoms with E-state index in [2.05, 4.69) is 170 Å². The van der Waals surface area contributed by atoms with E-state index in [4.69, 9.17) is 0 Å². The van der Waals surface area contributed by atoms with Crippen molar-refractivity contribution in [1.82, 2.24) is 0 Å². The lowest BCUT2D eigenvalue weighted by atomic mass is 9.72. The van der Waals surface area contributed by atoms with Crippen LogP contribution in [-0.4, -0.2) is 0 Å². The Kier molecular flexibility index (Phi) is 5.55. The van der Waals surface area contributed by atoms with Crippen LogP contribution in [0.25, 0.3) is 39.0 Å². The molecule has 0 aliphatic heterocycles. The van der Waals surface area contributed by atoms with Crippen LogP contribution in [0.2, 0.25) is 0 Å². The highest BCUT2D eigenvalue weighted by Gasteiger charge is 2.57. The summed E-state index contributed by atoms with van der Waals surface area (Å²) < 4.78 is 0. The zero-order chi connectivity index (χ0) is 30.1. The van der Waals surface area contributed by atoms with Gasteiger partial charge in [-0.1, -0.05) is 128 Å². The zero-order valence-corrected chi connectivity index (χ0v) is 25.2. The molecule has 1 heteroatoms. The molecular weight excluding hydrogens is 542 g/mol. The topological polar surface area (TPSA) is 3.24 Å². The van der Waals surface area contributed by atoms with Crippen LogP contribution in [0.3, 0.4) is 0 Å². The lowest BCUT2D eigenvalue weighted by Gasteiger charge is -2.31. The lowest BCUT2D eigenvalue weighted by Crippen LogP contribution is -2.25. The summed E-state index contributed by atoms with van der Waals surface area (Å²) in [5, 5.41) is 0. The third-order valence-electron chi connectivity index (χ3n) is 10.0. The summed E-state index contributed by atoms with van der Waals surface area (Å²) in [6.07, 6.45) is 4.43. The molecule has 0 radical (unpaired) electrons. The Morgan fingerprint density at radius 3 is 1.73 bits per heavy atom. The van der Waals surface area contributed by atoms with Crippen LogP contribution in [0.5, 0.6) is 0 Å². The second-order valence-corrected chi connectivity index (χ2v) is 12.1. The average Bonchev–Trinajstić information content (AvgIpc) is 3.68. The maximum atomic E-state index is 4.40. The van der Waals surface area contributed by atoms with Gasteiger partial charge in [0, 0.05) is 17.1 Å². The predicted molar refractivity (Wildman–Crippen MR) is 189 cm³/mol. The van der Waals surface area contributed by atoms with Crippen molar-refractivity contribution in [1.29, 1.82) is 0 Å². The molecule has 1 atom stereocenters. The van der Waals surface area contributed by atoms with E-state index in [0.29, 0.717) is 0 Å². The van der Waals surface area contributed by atoms with Gasteiger partial charge in [0.1, 0.15) is 0 Å². The molecule has 1 spiro atoms. The summed E-state index contributed by atoms with van der Waals surface area (Å²) in [5.74, 6) is 0. The van der Waals surface area contributed by atoms with Crippen LogP contribution in [-0.2, 0) is 5.41 Å². The first-order valence-corrected chi connectivity index (χ1v) is 15.7. The van der Waals surface area contributed by atoms with Crippen molar-refractivity contribution < 1.29 is 0 Å². The fourth-order valence-electron chi connectivity index (χ4n) is 8.22. The molecule has 1 nitrogen and oxygen atoms in total. The minimum Gasteiger partial charge on any atom is -0.311 e. The molecule has 0 saturated heterocycles. The van der Waals surface area contributed by atoms with Crippen LogP contribution in [0.1, 0.15) is 29.2 Å². The van der Waals surface area contributed by atoms with E-state index < -0.39 is 0 Å². The van der Waals surface area contributed by atoms with Gasteiger partial charge in [0.25, 0.3) is 0 Å². The highest BCUT2D eigenvalue weighted by atomic mass is 15.1. The Morgan fingerprint density at radius 2 is 1.04 bits per heavy atom. The fraction of sp³-hybridized carbons (Fsp3) is 0.0455. The standard InChI is InChI=1S/C44H31N/c1-3-32(45(33-16-8-5-9-17-33)34-26-24-31(25-27-34)30-14-6-4-7-15-30)28-41-29(2)35-19-12-21-38-39-22-13-20-37-36-18-10-11-23-40(36)44(41,42(35)38)43(37)39/h3-28H,1H2,2H3/b32-28+. The van der Waals surface area contributed by atoms with Crippen LogP contribution in [0, 0.1) is 0 Å². The number of hydrogen-bond acceptors (Lipinski definition) is 1. The number of anilines is 2. The maximum absolute atomic E-state index is 4.40. The van der Waals surface area contributed by atoms with Gasteiger partial charge in [-0.15, -0.1) is 0 Å². The molecule has 6 aromatic carbocycles. The molecule has 0 amide bonds. The first kappa shape index (κ1) is 25.8. The fourth-order valence-corrected chi connectivity index (χ4v) is 8.22. The first-order chi connectivity index (χ1) is 22.2. The maximum Gasteiger partial charge on any atom is 0.0734 e. The number of para-hydroxylation sites is 1. The summed E-state index contributed by atoms with van der Waals surface area (Å²) in [7, 11) is 0. The number of rotatable bonds is 6. The number of benzene rings is 6. The number of allylic oxidation sites excluding steroid dienone is 4. The summed E-state index contributed by atoms with van der Waals surface area (Å²) >= 11 is 0. The van der Waals surface area contributed by atoms with Crippen molar-refractivity contribution in [3.8, 4) is 33.4 Å². The van der Waals surface area contributed by atoms with E-state index in [-0.39, 0.29) is 5.41 Å². The molecule has 1 unspecified atom stereocenters. The van der Waals surface area contributed by atoms with Gasteiger partial charge in [0.05, 0.1) is 5.41 Å². The van der Waals surface area contributed by atoms with Crippen LogP contribution >= 0.6 is 0 Å². The van der Waals surface area contributed by atoms with Gasteiger partial charge in [0.2, 0.25) is 0 Å². The summed E-state index contributed by atoms with van der Waals surface area (Å²) in [6.45, 7) is 6.70. The smallest absolute Gasteiger partial charge is 0.0734 e. The molecule has 0 bridgehead atoms. The van der Waals surface area contributed by atoms with Crippen molar-refractivity contribution in [3.63, 3.8) is 0 Å². The normalized spacial score (nSPS) is 16.8. The van der Waals surface area contributed by atoms with E-state index in [9.17, 15) is 0 Å². The van der Waals surface area contributed by atoms with Gasteiger partial charge in [-0.2, -0.15) is 0 Å². The van der Waals surface area contributed by atoms with Gasteiger partial charge in [-0.05, 0) is 110 Å². The molecular formula is C44H31N. The van der Waals surface area contributed by atoms with Crippen molar-refractivity contribution in [2.24, 2.45) is 0 Å². The van der Waals surface area contributed by atoms with Gasteiger partial charge in [-0.25, -0.2) is 0 Å². The highest BCUT2D eigenvalue weighted by Crippen LogP contribution is 2.69. The van der Waals surface area contributed by atoms with Gasteiger partial charge < -0.3 is 4.90 Å². The average molecular weight is 574 g/mol. The van der Waals surface area contributed by atoms with Crippen molar-refractivity contribution in [2.45, 2.75) is 12.3 Å². The Labute approximate surface area is 264 Å². The van der Waals surface area contributed by atoms with Gasteiger partial charge in [-0.3, -0.25) is 0 Å². The van der Waals surface area contributed by atoms with Gasteiger partial charge in [0.15, 0.2) is 0 Å². The minimum atomic E-state index is -0.341. The Hall–Kier alpha value is -5.66. The molecule has 0 heterocycles. The van der Waals surface area contributed by atoms with Gasteiger partial charge >= 0.3 is 0 Å². The second kappa shape index (κ2) is 9.67. The summed E-state index contributed by atoms with van der Waals surface area (Å²) in [5.41, 5.74) is 19.0. The molecule has 0 saturated carbocycles. The molecule has 45 heavy (non-hydrogen) atoms. The molecule has 212 valence electrons. The van der Waals surface area contributed by atoms with Crippen molar-refractivity contribution in [3.05, 3.63) is 198 Å². The highest BCUT2D eigenvalue weighted by molar-refractivity contribution is 6.05. The quantitative estimate of drug-likeness (QED) is 0.179. The molecule has 0 aromatic heterocycles. The molecule has 3 aliphatic carbocycles. The SMILES string of the molecule is C=C/C(=C\C1=C(C)c2cccc3c2C12c1ccccc1-c1cccc-3c12)N(c1ccccc1)c1ccc(-c2ccccc2)cc1. The van der Waals surface area contributed by atoms with Crippen LogP contribution in [0.15, 0.2) is 176 Å². The Morgan fingerprint density at radius 1 is 0.533 bits per heavy atom. The lowest BCUT2D eigenvalue weighted by molar-refractivity contribution is 0.808. The number of hydrogen-bond donors (Lipinski definition) is 0. The molecule has 0 fully saturated rings. The monoisotopic (exact) mass is 573 g/mol. The van der Waals surface area contributed by atoms with E-state index in [1.165, 1.54) is 66.8 Å². The number of nitrogens with zero attached hydrogens (tertiary/aromatic N) is 1. The Balaban J connectivity index is 1.28. The third kappa shape index (κ3) is 3.44. The van der Waals surface area contributed by atoms with Crippen LogP contribution in [0.4, 0.5) is 11.4 Å². The van der Waals surface area contributed by atoms with E-state index >= 15 is 0 Å². The molecule has 9 rings (SSSR count). The second-order valence-electron chi connectivity index (χ2n) is 12.1. The Bertz CT molecular complexity index is 2200. The summed E-state index contributed by atoms with van der Waals surface area (Å²) in [6, 6.07) is 52.8. The van der Waals surface area contributed by atoms with E-state index in [1.54, 1.807) is 0 Å². The largest absolute Gasteiger partial charge is 0.311 e. The predicted octanol–water partition coefficient (Wildman–Crippen LogP) is 11.3. The van der Waals surface area contributed by atoms with E-state index in [0.717, 1.165) is 17.1 Å². The summed E-state index contributed by atoms with van der Waals surface area (Å²) in [4.78, 5) is 2.34. The minimum absolute atomic E-state index is 0.341. The van der Waals surface area contributed by atoms with Crippen molar-refractivity contribution >= 4 is 16.9 Å². The van der Waals surface area contributed by atoms with E-state index in [1.807, 2.05) is 6.08 Å². The molecule has 0 N–H and O–H groups in total. The van der Waals surface area contributed by atoms with Crippen molar-refractivity contribution in [2.75, 3.05) is 4.90 Å². The number of fused-ring (bicyclic) bond motifs is 3. The van der Waals surface area contributed by atoms with Crippen LogP contribution < -0.4 is 4.90 Å². The molecule has 6 aromatic rings.